The number of imidazole rings is 1. The summed E-state index contributed by atoms with van der Waals surface area (Å²) in [7, 11) is 1.98. The van der Waals surface area contributed by atoms with Gasteiger partial charge in [-0.2, -0.15) is 0 Å². The second-order valence-corrected chi connectivity index (χ2v) is 5.59. The number of nitrogens with zero attached hydrogens (tertiary/aromatic N) is 2. The van der Waals surface area contributed by atoms with Crippen LogP contribution in [0.5, 0.6) is 0 Å². The molecule has 19 heavy (non-hydrogen) atoms. The van der Waals surface area contributed by atoms with Gasteiger partial charge in [0.25, 0.3) is 0 Å². The smallest absolute Gasteiger partial charge is 0.0948 e. The minimum Gasteiger partial charge on any atom is -0.333 e. The molecule has 0 fully saturated rings. The highest BCUT2D eigenvalue weighted by atomic mass is 15.1. The maximum atomic E-state index is 4.29. The zero-order valence-corrected chi connectivity index (χ0v) is 12.3. The fraction of sp³-hybridized carbons (Fsp3) is 0.438. The van der Waals surface area contributed by atoms with E-state index in [2.05, 4.69) is 59.9 Å². The lowest BCUT2D eigenvalue weighted by Crippen LogP contribution is -2.35. The van der Waals surface area contributed by atoms with Crippen LogP contribution >= 0.6 is 0 Å². The van der Waals surface area contributed by atoms with Gasteiger partial charge in [0, 0.05) is 12.7 Å². The van der Waals surface area contributed by atoms with Crippen molar-refractivity contribution in [3.63, 3.8) is 0 Å². The molecule has 1 N–H and O–H groups in total. The maximum Gasteiger partial charge on any atom is 0.0948 e. The van der Waals surface area contributed by atoms with Gasteiger partial charge >= 0.3 is 0 Å². The van der Waals surface area contributed by atoms with E-state index in [-0.39, 0.29) is 5.54 Å². The summed E-state index contributed by atoms with van der Waals surface area (Å²) in [4.78, 5) is 4.29. The first kappa shape index (κ1) is 13.8. The van der Waals surface area contributed by atoms with Gasteiger partial charge in [0.05, 0.1) is 17.6 Å². The minimum absolute atomic E-state index is 0.0525. The van der Waals surface area contributed by atoms with Crippen molar-refractivity contribution in [2.24, 2.45) is 0 Å². The zero-order chi connectivity index (χ0) is 13.9. The van der Waals surface area contributed by atoms with Crippen molar-refractivity contribution >= 4 is 0 Å². The van der Waals surface area contributed by atoms with E-state index in [0.29, 0.717) is 0 Å². The van der Waals surface area contributed by atoms with Crippen LogP contribution in [0, 0.1) is 6.92 Å². The normalized spacial score (nSPS) is 11.8. The van der Waals surface area contributed by atoms with E-state index >= 15 is 0 Å². The third kappa shape index (κ3) is 3.24. The molecule has 1 aromatic heterocycles. The Hall–Kier alpha value is -1.61. The van der Waals surface area contributed by atoms with Gasteiger partial charge in [0.15, 0.2) is 0 Å². The van der Waals surface area contributed by atoms with E-state index < -0.39 is 0 Å². The number of hydrogen-bond acceptors (Lipinski definition) is 2. The molecular weight excluding hydrogens is 234 g/mol. The molecule has 0 unspecified atom stereocenters. The Morgan fingerprint density at radius 3 is 2.79 bits per heavy atom. The second-order valence-electron chi connectivity index (χ2n) is 5.59. The van der Waals surface area contributed by atoms with Crippen LogP contribution in [0.1, 0.15) is 30.7 Å². The van der Waals surface area contributed by atoms with Gasteiger partial charge in [-0.3, -0.25) is 0 Å². The molecule has 0 radical (unpaired) electrons. The summed E-state index contributed by atoms with van der Waals surface area (Å²) in [6.45, 7) is 7.44. The molecule has 0 amide bonds. The van der Waals surface area contributed by atoms with Gasteiger partial charge in [-0.15, -0.1) is 0 Å². The number of hydrogen-bond donors (Lipinski definition) is 1. The van der Waals surface area contributed by atoms with Gasteiger partial charge in [0.2, 0.25) is 0 Å². The Kier molecular flexibility index (Phi) is 4.05. The molecular formula is C16H23N3. The average molecular weight is 257 g/mol. The Labute approximate surface area is 115 Å². The van der Waals surface area contributed by atoms with Gasteiger partial charge in [-0.05, 0) is 39.8 Å². The highest BCUT2D eigenvalue weighted by Gasteiger charge is 2.21. The van der Waals surface area contributed by atoms with Crippen LogP contribution in [0.3, 0.4) is 0 Å². The molecule has 1 heterocycles. The van der Waals surface area contributed by atoms with Gasteiger partial charge in [-0.25, -0.2) is 4.98 Å². The summed E-state index contributed by atoms with van der Waals surface area (Å²) in [6.07, 6.45) is 4.90. The SMILES string of the molecule is CNC(C)(C)c1cncn1CCc1cccc(C)c1. The molecule has 0 aliphatic carbocycles. The predicted molar refractivity (Wildman–Crippen MR) is 79.2 cm³/mol. The molecule has 0 saturated heterocycles. The Balaban J connectivity index is 2.11. The van der Waals surface area contributed by atoms with E-state index in [1.807, 2.05) is 19.6 Å². The fourth-order valence-electron chi connectivity index (χ4n) is 2.26. The van der Waals surface area contributed by atoms with Gasteiger partial charge in [0.1, 0.15) is 0 Å². The molecule has 0 spiro atoms. The molecule has 2 rings (SSSR count). The van der Waals surface area contributed by atoms with Crippen molar-refractivity contribution in [3.8, 4) is 0 Å². The average Bonchev–Trinajstić information content (AvgIpc) is 2.85. The largest absolute Gasteiger partial charge is 0.333 e. The van der Waals surface area contributed by atoms with Crippen molar-refractivity contribution in [2.45, 2.75) is 39.3 Å². The lowest BCUT2D eigenvalue weighted by molar-refractivity contribution is 0.408. The number of aromatic nitrogens is 2. The van der Waals surface area contributed by atoms with E-state index in [4.69, 9.17) is 0 Å². The highest BCUT2D eigenvalue weighted by molar-refractivity contribution is 5.22. The van der Waals surface area contributed by atoms with Gasteiger partial charge < -0.3 is 9.88 Å². The summed E-state index contributed by atoms with van der Waals surface area (Å²) < 4.78 is 2.23. The first-order valence-electron chi connectivity index (χ1n) is 6.78. The number of benzene rings is 1. The highest BCUT2D eigenvalue weighted by Crippen LogP contribution is 2.19. The Morgan fingerprint density at radius 1 is 1.32 bits per heavy atom. The summed E-state index contributed by atoms with van der Waals surface area (Å²) in [5, 5.41) is 3.33. The molecule has 0 atom stereocenters. The maximum absolute atomic E-state index is 4.29. The number of rotatable bonds is 5. The first-order chi connectivity index (χ1) is 9.03. The zero-order valence-electron chi connectivity index (χ0n) is 12.3. The van der Waals surface area contributed by atoms with Crippen LogP contribution in [0.15, 0.2) is 36.8 Å². The molecule has 0 bridgehead atoms. The fourth-order valence-corrected chi connectivity index (χ4v) is 2.26. The van der Waals surface area contributed by atoms with Crippen molar-refractivity contribution in [2.75, 3.05) is 7.05 Å². The molecule has 3 nitrogen and oxygen atoms in total. The quantitative estimate of drug-likeness (QED) is 0.892. The van der Waals surface area contributed by atoms with Crippen molar-refractivity contribution in [1.82, 2.24) is 14.9 Å². The lowest BCUT2D eigenvalue weighted by Gasteiger charge is -2.25. The third-order valence-electron chi connectivity index (χ3n) is 3.70. The monoisotopic (exact) mass is 257 g/mol. The van der Waals surface area contributed by atoms with E-state index in [1.54, 1.807) is 0 Å². The van der Waals surface area contributed by atoms with Gasteiger partial charge in [-0.1, -0.05) is 29.8 Å². The predicted octanol–water partition coefficient (Wildman–Crippen LogP) is 2.89. The molecule has 102 valence electrons. The summed E-state index contributed by atoms with van der Waals surface area (Å²) in [6, 6.07) is 8.69. The summed E-state index contributed by atoms with van der Waals surface area (Å²) in [5.74, 6) is 0. The van der Waals surface area contributed by atoms with Crippen LogP contribution < -0.4 is 5.32 Å². The number of nitrogens with one attached hydrogen (secondary N) is 1. The third-order valence-corrected chi connectivity index (χ3v) is 3.70. The standard InChI is InChI=1S/C16H23N3/c1-13-6-5-7-14(10-13)8-9-19-12-18-11-15(19)16(2,3)17-4/h5-7,10-12,17H,8-9H2,1-4H3. The van der Waals surface area contributed by atoms with E-state index in [1.165, 1.54) is 16.8 Å². The topological polar surface area (TPSA) is 29.9 Å². The van der Waals surface area contributed by atoms with Crippen LogP contribution in [0.25, 0.3) is 0 Å². The van der Waals surface area contributed by atoms with Crippen LogP contribution in [-0.4, -0.2) is 16.6 Å². The van der Waals surface area contributed by atoms with Crippen LogP contribution in [0.4, 0.5) is 0 Å². The summed E-state index contributed by atoms with van der Waals surface area (Å²) >= 11 is 0. The molecule has 3 heteroatoms. The van der Waals surface area contributed by atoms with Crippen LogP contribution in [0.2, 0.25) is 0 Å². The minimum atomic E-state index is -0.0525. The van der Waals surface area contributed by atoms with Crippen molar-refractivity contribution in [1.29, 1.82) is 0 Å². The lowest BCUT2D eigenvalue weighted by atomic mass is 10.0. The number of aryl methyl sites for hydroxylation is 3. The Morgan fingerprint density at radius 2 is 2.11 bits per heavy atom. The van der Waals surface area contributed by atoms with Crippen molar-refractivity contribution in [3.05, 3.63) is 53.6 Å². The van der Waals surface area contributed by atoms with E-state index in [9.17, 15) is 0 Å². The molecule has 0 aliphatic heterocycles. The molecule has 1 aromatic carbocycles. The molecule has 0 aliphatic rings. The molecule has 2 aromatic rings. The van der Waals surface area contributed by atoms with Crippen molar-refractivity contribution < 1.29 is 0 Å². The summed E-state index contributed by atoms with van der Waals surface area (Å²) in [5.41, 5.74) is 3.87. The van der Waals surface area contributed by atoms with Crippen LogP contribution in [-0.2, 0) is 18.5 Å². The second kappa shape index (κ2) is 5.57. The van der Waals surface area contributed by atoms with E-state index in [0.717, 1.165) is 13.0 Å². The Bertz CT molecular complexity index is 540. The first-order valence-corrected chi connectivity index (χ1v) is 6.78. The molecule has 0 saturated carbocycles.